The number of carboxylic acids is 1. The van der Waals surface area contributed by atoms with Crippen molar-refractivity contribution in [3.8, 4) is 0 Å². The summed E-state index contributed by atoms with van der Waals surface area (Å²) < 4.78 is 13.8. The smallest absolute Gasteiger partial charge is 0.322 e. The van der Waals surface area contributed by atoms with E-state index in [1.807, 2.05) is 0 Å². The van der Waals surface area contributed by atoms with Crippen LogP contribution >= 0.6 is 0 Å². The van der Waals surface area contributed by atoms with Gasteiger partial charge in [-0.05, 0) is 54.8 Å². The number of amides is 2. The summed E-state index contributed by atoms with van der Waals surface area (Å²) in [6.45, 7) is -0.465. The van der Waals surface area contributed by atoms with Crippen LogP contribution in [0.1, 0.15) is 48.0 Å². The van der Waals surface area contributed by atoms with E-state index < -0.39 is 23.8 Å². The monoisotopic (exact) mass is 398 g/mol. The van der Waals surface area contributed by atoms with Gasteiger partial charge in [0.15, 0.2) is 0 Å². The molecule has 0 heterocycles. The first-order chi connectivity index (χ1) is 13.9. The summed E-state index contributed by atoms with van der Waals surface area (Å²) in [7, 11) is 0. The second-order valence-electron chi connectivity index (χ2n) is 7.26. The van der Waals surface area contributed by atoms with E-state index in [0.717, 1.165) is 19.3 Å². The van der Waals surface area contributed by atoms with Gasteiger partial charge in [-0.25, -0.2) is 4.39 Å². The number of rotatable bonds is 6. The van der Waals surface area contributed by atoms with Gasteiger partial charge in [0.1, 0.15) is 12.4 Å². The highest BCUT2D eigenvalue weighted by Gasteiger charge is 2.41. The molecule has 1 aliphatic carbocycles. The molecular formula is C22H23FN2O4. The van der Waals surface area contributed by atoms with Gasteiger partial charge in [-0.1, -0.05) is 31.4 Å². The average Bonchev–Trinajstić information content (AvgIpc) is 2.73. The fourth-order valence-electron chi connectivity index (χ4n) is 3.80. The number of anilines is 1. The standard InChI is InChI=1S/C22H23FN2O4/c23-17-6-4-5-16(13-17)22(11-2-1-3-12-22)21(29)25-18-9-7-15(8-10-18)20(28)24-14-19(26)27/h4-10,13H,1-3,11-12,14H2,(H,24,28)(H,25,29)(H,26,27). The van der Waals surface area contributed by atoms with Gasteiger partial charge in [-0.3, -0.25) is 14.4 Å². The Morgan fingerprint density at radius 2 is 1.69 bits per heavy atom. The van der Waals surface area contributed by atoms with Crippen LogP contribution in [0.3, 0.4) is 0 Å². The number of aliphatic carboxylic acids is 1. The normalized spacial score (nSPS) is 15.3. The van der Waals surface area contributed by atoms with E-state index in [2.05, 4.69) is 10.6 Å². The zero-order valence-corrected chi connectivity index (χ0v) is 15.9. The summed E-state index contributed by atoms with van der Waals surface area (Å²) in [5.41, 5.74) is 0.713. The van der Waals surface area contributed by atoms with Crippen molar-refractivity contribution < 1.29 is 23.9 Å². The van der Waals surface area contributed by atoms with E-state index in [-0.39, 0.29) is 11.7 Å². The van der Waals surface area contributed by atoms with E-state index in [0.29, 0.717) is 29.7 Å². The average molecular weight is 398 g/mol. The molecule has 29 heavy (non-hydrogen) atoms. The first kappa shape index (κ1) is 20.5. The second kappa shape index (κ2) is 8.86. The minimum atomic E-state index is -1.13. The molecule has 0 atom stereocenters. The van der Waals surface area contributed by atoms with Crippen molar-refractivity contribution in [1.29, 1.82) is 0 Å². The van der Waals surface area contributed by atoms with E-state index in [1.54, 1.807) is 24.3 Å². The summed E-state index contributed by atoms with van der Waals surface area (Å²) >= 11 is 0. The summed E-state index contributed by atoms with van der Waals surface area (Å²) in [4.78, 5) is 35.7. The maximum absolute atomic E-state index is 13.8. The van der Waals surface area contributed by atoms with Crippen LogP contribution in [-0.4, -0.2) is 29.4 Å². The Labute approximate surface area is 168 Å². The van der Waals surface area contributed by atoms with Crippen molar-refractivity contribution in [2.45, 2.75) is 37.5 Å². The van der Waals surface area contributed by atoms with Crippen LogP contribution in [0.15, 0.2) is 48.5 Å². The molecule has 3 rings (SSSR count). The second-order valence-corrected chi connectivity index (χ2v) is 7.26. The molecule has 0 saturated heterocycles. The zero-order chi connectivity index (χ0) is 20.9. The largest absolute Gasteiger partial charge is 0.480 e. The molecule has 152 valence electrons. The quantitative estimate of drug-likeness (QED) is 0.694. The molecule has 0 unspecified atom stereocenters. The lowest BCUT2D eigenvalue weighted by molar-refractivity contribution is -0.135. The van der Waals surface area contributed by atoms with Gasteiger partial charge in [0.05, 0.1) is 5.41 Å². The van der Waals surface area contributed by atoms with Crippen LogP contribution in [0.4, 0.5) is 10.1 Å². The third-order valence-electron chi connectivity index (χ3n) is 5.32. The Morgan fingerprint density at radius 3 is 2.31 bits per heavy atom. The van der Waals surface area contributed by atoms with Gasteiger partial charge in [0, 0.05) is 11.3 Å². The van der Waals surface area contributed by atoms with Gasteiger partial charge in [-0.15, -0.1) is 0 Å². The molecule has 0 aromatic heterocycles. The van der Waals surface area contributed by atoms with Crippen molar-refractivity contribution in [3.05, 3.63) is 65.5 Å². The number of halogens is 1. The van der Waals surface area contributed by atoms with E-state index in [1.165, 1.54) is 24.3 Å². The van der Waals surface area contributed by atoms with Crippen molar-refractivity contribution >= 4 is 23.5 Å². The van der Waals surface area contributed by atoms with Crippen LogP contribution in [0, 0.1) is 5.82 Å². The third-order valence-corrected chi connectivity index (χ3v) is 5.32. The molecule has 0 radical (unpaired) electrons. The van der Waals surface area contributed by atoms with Crippen LogP contribution < -0.4 is 10.6 Å². The van der Waals surface area contributed by atoms with Gasteiger partial charge in [0.25, 0.3) is 5.91 Å². The van der Waals surface area contributed by atoms with Crippen molar-refractivity contribution in [1.82, 2.24) is 5.32 Å². The Kier molecular flexibility index (Phi) is 6.26. The topological polar surface area (TPSA) is 95.5 Å². The molecule has 3 N–H and O–H groups in total. The van der Waals surface area contributed by atoms with Crippen LogP contribution in [0.25, 0.3) is 0 Å². The molecular weight excluding hydrogens is 375 g/mol. The first-order valence-electron chi connectivity index (χ1n) is 9.58. The summed E-state index contributed by atoms with van der Waals surface area (Å²) in [6.07, 6.45) is 4.14. The lowest BCUT2D eigenvalue weighted by Crippen LogP contribution is -2.42. The molecule has 2 aromatic carbocycles. The van der Waals surface area contributed by atoms with Crippen molar-refractivity contribution in [3.63, 3.8) is 0 Å². The molecule has 1 aliphatic rings. The van der Waals surface area contributed by atoms with E-state index in [9.17, 15) is 18.8 Å². The lowest BCUT2D eigenvalue weighted by atomic mass is 9.68. The van der Waals surface area contributed by atoms with Gasteiger partial charge >= 0.3 is 5.97 Å². The van der Waals surface area contributed by atoms with Crippen LogP contribution in [0.5, 0.6) is 0 Å². The Balaban J connectivity index is 1.76. The van der Waals surface area contributed by atoms with Crippen molar-refractivity contribution in [2.75, 3.05) is 11.9 Å². The molecule has 0 aliphatic heterocycles. The molecule has 1 saturated carbocycles. The number of carbonyl (C=O) groups is 3. The summed E-state index contributed by atoms with van der Waals surface area (Å²) in [6, 6.07) is 12.4. The Bertz CT molecular complexity index is 905. The molecule has 6 nitrogen and oxygen atoms in total. The molecule has 0 spiro atoms. The molecule has 7 heteroatoms. The fourth-order valence-corrected chi connectivity index (χ4v) is 3.80. The first-order valence-corrected chi connectivity index (χ1v) is 9.58. The van der Waals surface area contributed by atoms with Crippen LogP contribution in [0.2, 0.25) is 0 Å². The van der Waals surface area contributed by atoms with Crippen LogP contribution in [-0.2, 0) is 15.0 Å². The molecule has 0 bridgehead atoms. The number of nitrogens with one attached hydrogen (secondary N) is 2. The number of benzene rings is 2. The number of hydrogen-bond donors (Lipinski definition) is 3. The fraction of sp³-hybridized carbons (Fsp3) is 0.318. The summed E-state index contributed by atoms with van der Waals surface area (Å²) in [5.74, 6) is -2.19. The number of carboxylic acid groups (broad SMARTS) is 1. The number of hydrogen-bond acceptors (Lipinski definition) is 3. The zero-order valence-electron chi connectivity index (χ0n) is 15.9. The van der Waals surface area contributed by atoms with Crippen molar-refractivity contribution in [2.24, 2.45) is 0 Å². The minimum absolute atomic E-state index is 0.189. The predicted molar refractivity (Wildman–Crippen MR) is 106 cm³/mol. The summed E-state index contributed by atoms with van der Waals surface area (Å²) in [5, 5.41) is 13.8. The van der Waals surface area contributed by atoms with E-state index >= 15 is 0 Å². The SMILES string of the molecule is O=C(O)CNC(=O)c1ccc(NC(=O)C2(c3cccc(F)c3)CCCCC2)cc1. The highest BCUT2D eigenvalue weighted by molar-refractivity contribution is 6.00. The van der Waals surface area contributed by atoms with Gasteiger partial charge in [-0.2, -0.15) is 0 Å². The maximum Gasteiger partial charge on any atom is 0.322 e. The lowest BCUT2D eigenvalue weighted by Gasteiger charge is -2.36. The van der Waals surface area contributed by atoms with E-state index in [4.69, 9.17) is 5.11 Å². The number of carbonyl (C=O) groups excluding carboxylic acids is 2. The van der Waals surface area contributed by atoms with Gasteiger partial charge in [0.2, 0.25) is 5.91 Å². The molecule has 1 fully saturated rings. The predicted octanol–water partition coefficient (Wildman–Crippen LogP) is 3.48. The Morgan fingerprint density at radius 1 is 1.00 bits per heavy atom. The third kappa shape index (κ3) is 4.80. The maximum atomic E-state index is 13.8. The Hall–Kier alpha value is -3.22. The minimum Gasteiger partial charge on any atom is -0.480 e. The molecule has 2 amide bonds. The highest BCUT2D eigenvalue weighted by atomic mass is 19.1. The van der Waals surface area contributed by atoms with Gasteiger partial charge < -0.3 is 15.7 Å². The highest BCUT2D eigenvalue weighted by Crippen LogP contribution is 2.40. The molecule has 2 aromatic rings.